The molecule has 1 atom stereocenters. The smallest absolute Gasteiger partial charge is 0.252 e. The zero-order valence-corrected chi connectivity index (χ0v) is 20.8. The molecule has 184 valence electrons. The van der Waals surface area contributed by atoms with Gasteiger partial charge in [0.05, 0.1) is 17.8 Å². The number of nitrogens with zero attached hydrogens (tertiary/aromatic N) is 5. The summed E-state index contributed by atoms with van der Waals surface area (Å²) in [7, 11) is 0. The topological polar surface area (TPSA) is 92.8 Å². The molecule has 1 fully saturated rings. The second kappa shape index (κ2) is 10.2. The highest BCUT2D eigenvalue weighted by molar-refractivity contribution is 5.82. The van der Waals surface area contributed by atoms with Crippen LogP contribution in [-0.2, 0) is 13.1 Å². The zero-order valence-electron chi connectivity index (χ0n) is 20.8. The van der Waals surface area contributed by atoms with Gasteiger partial charge in [0, 0.05) is 18.2 Å². The fourth-order valence-electron chi connectivity index (χ4n) is 5.63. The van der Waals surface area contributed by atoms with Gasteiger partial charge in [-0.25, -0.2) is 4.68 Å². The third-order valence-electron chi connectivity index (χ3n) is 7.30. The van der Waals surface area contributed by atoms with Crippen LogP contribution in [0.4, 0.5) is 0 Å². The predicted molar refractivity (Wildman–Crippen MR) is 135 cm³/mol. The van der Waals surface area contributed by atoms with Gasteiger partial charge in [-0.3, -0.25) is 9.69 Å². The Morgan fingerprint density at radius 2 is 2.03 bits per heavy atom. The van der Waals surface area contributed by atoms with Crippen molar-refractivity contribution in [3.05, 3.63) is 75.2 Å². The third-order valence-corrected chi connectivity index (χ3v) is 7.30. The minimum atomic E-state index is -0.0182. The van der Waals surface area contributed by atoms with Crippen LogP contribution in [0.15, 0.2) is 45.8 Å². The Hall–Kier alpha value is -3.26. The fourth-order valence-corrected chi connectivity index (χ4v) is 5.63. The van der Waals surface area contributed by atoms with Crippen molar-refractivity contribution in [2.24, 2.45) is 0 Å². The average Bonchev–Trinajstić information content (AvgIpc) is 3.53. The number of H-pyrrole nitrogens is 1. The quantitative estimate of drug-likeness (QED) is 0.384. The van der Waals surface area contributed by atoms with E-state index in [-0.39, 0.29) is 11.6 Å². The van der Waals surface area contributed by atoms with Gasteiger partial charge in [-0.05, 0) is 78.8 Å². The zero-order chi connectivity index (χ0) is 24.4. The van der Waals surface area contributed by atoms with E-state index in [0.717, 1.165) is 52.9 Å². The van der Waals surface area contributed by atoms with E-state index < -0.39 is 0 Å². The van der Waals surface area contributed by atoms with Crippen molar-refractivity contribution in [2.75, 3.05) is 0 Å². The summed E-state index contributed by atoms with van der Waals surface area (Å²) in [5.74, 6) is 1.63. The number of aromatic nitrogens is 5. The maximum atomic E-state index is 13.2. The predicted octanol–water partition coefficient (Wildman–Crippen LogP) is 5.06. The van der Waals surface area contributed by atoms with Crippen LogP contribution in [0.1, 0.15) is 79.8 Å². The lowest BCUT2D eigenvalue weighted by atomic mass is 9.92. The van der Waals surface area contributed by atoms with Gasteiger partial charge in [0.2, 0.25) is 0 Å². The molecule has 1 aliphatic carbocycles. The molecule has 8 nitrogen and oxygen atoms in total. The summed E-state index contributed by atoms with van der Waals surface area (Å²) in [5, 5.41) is 13.8. The van der Waals surface area contributed by atoms with Crippen molar-refractivity contribution in [1.29, 1.82) is 0 Å². The molecule has 1 N–H and O–H groups in total. The van der Waals surface area contributed by atoms with E-state index in [9.17, 15) is 4.79 Å². The van der Waals surface area contributed by atoms with Gasteiger partial charge in [0.15, 0.2) is 5.82 Å². The molecule has 35 heavy (non-hydrogen) atoms. The monoisotopic (exact) mass is 474 g/mol. The van der Waals surface area contributed by atoms with Gasteiger partial charge in [0.1, 0.15) is 12.3 Å². The summed E-state index contributed by atoms with van der Waals surface area (Å²) in [6.45, 7) is 7.36. The number of hydrogen-bond acceptors (Lipinski definition) is 6. The number of tetrazole rings is 1. The molecule has 0 aliphatic heterocycles. The van der Waals surface area contributed by atoms with Crippen molar-refractivity contribution < 1.29 is 4.42 Å². The van der Waals surface area contributed by atoms with E-state index in [2.05, 4.69) is 57.5 Å². The Morgan fingerprint density at radius 1 is 1.20 bits per heavy atom. The number of furan rings is 1. The van der Waals surface area contributed by atoms with Crippen molar-refractivity contribution >= 4 is 10.9 Å². The van der Waals surface area contributed by atoms with Gasteiger partial charge < -0.3 is 9.40 Å². The summed E-state index contributed by atoms with van der Waals surface area (Å²) >= 11 is 0. The number of hydrogen-bond donors (Lipinski definition) is 1. The largest absolute Gasteiger partial charge is 0.467 e. The molecule has 0 radical (unpaired) electrons. The molecule has 8 heteroatoms. The summed E-state index contributed by atoms with van der Waals surface area (Å²) in [4.78, 5) is 18.9. The normalized spacial score (nSPS) is 15.8. The molecule has 1 saturated carbocycles. The molecule has 3 heterocycles. The molecule has 0 amide bonds. The van der Waals surface area contributed by atoms with Gasteiger partial charge in [0.25, 0.3) is 5.56 Å². The Labute approximate surface area is 205 Å². The summed E-state index contributed by atoms with van der Waals surface area (Å²) in [6.07, 6.45) is 8.45. The number of rotatable bonds is 8. The number of pyridine rings is 1. The molecule has 3 aromatic heterocycles. The van der Waals surface area contributed by atoms with Crippen LogP contribution in [0.3, 0.4) is 0 Å². The summed E-state index contributed by atoms with van der Waals surface area (Å²) < 4.78 is 7.38. The first-order valence-corrected chi connectivity index (χ1v) is 12.7. The van der Waals surface area contributed by atoms with Gasteiger partial charge in [-0.1, -0.05) is 37.8 Å². The molecule has 5 rings (SSSR count). The van der Waals surface area contributed by atoms with E-state index >= 15 is 0 Å². The second-order valence-corrected chi connectivity index (χ2v) is 9.83. The van der Waals surface area contributed by atoms with E-state index in [1.165, 1.54) is 24.8 Å². The van der Waals surface area contributed by atoms with E-state index in [1.54, 1.807) is 6.26 Å². The van der Waals surface area contributed by atoms with Crippen LogP contribution < -0.4 is 5.56 Å². The molecular weight excluding hydrogens is 440 g/mol. The van der Waals surface area contributed by atoms with Gasteiger partial charge in [-0.2, -0.15) is 0 Å². The van der Waals surface area contributed by atoms with Crippen LogP contribution in [0.25, 0.3) is 10.9 Å². The minimum absolute atomic E-state index is 0.00240. The first kappa shape index (κ1) is 23.5. The highest BCUT2D eigenvalue weighted by Crippen LogP contribution is 2.33. The van der Waals surface area contributed by atoms with Crippen LogP contribution >= 0.6 is 0 Å². The SMILES string of the molecule is CCC(c1nnnn1Cc1ccco1)N(Cc1cc2cc(C)cc(C)c2[nH]c1=O)C1CCCCC1. The van der Waals surface area contributed by atoms with Gasteiger partial charge >= 0.3 is 0 Å². The van der Waals surface area contributed by atoms with Crippen molar-refractivity contribution in [3.63, 3.8) is 0 Å². The van der Waals surface area contributed by atoms with Crippen LogP contribution in [0, 0.1) is 13.8 Å². The van der Waals surface area contributed by atoms with Crippen molar-refractivity contribution in [1.82, 2.24) is 30.1 Å². The van der Waals surface area contributed by atoms with E-state index in [0.29, 0.717) is 19.1 Å². The minimum Gasteiger partial charge on any atom is -0.467 e. The average molecular weight is 475 g/mol. The second-order valence-electron chi connectivity index (χ2n) is 9.83. The lowest BCUT2D eigenvalue weighted by molar-refractivity contribution is 0.0842. The molecule has 1 unspecified atom stereocenters. The molecule has 1 aromatic carbocycles. The molecule has 1 aliphatic rings. The Bertz CT molecular complexity index is 1330. The lowest BCUT2D eigenvalue weighted by Gasteiger charge is -2.39. The Balaban J connectivity index is 1.52. The highest BCUT2D eigenvalue weighted by Gasteiger charge is 2.32. The molecule has 0 spiro atoms. The summed E-state index contributed by atoms with van der Waals surface area (Å²) in [5.41, 5.74) is 3.98. The van der Waals surface area contributed by atoms with E-state index in [4.69, 9.17) is 4.42 Å². The van der Waals surface area contributed by atoms with Crippen LogP contribution in [0.5, 0.6) is 0 Å². The lowest BCUT2D eigenvalue weighted by Crippen LogP contribution is -2.41. The number of aryl methyl sites for hydroxylation is 2. The fraction of sp³-hybridized carbons (Fsp3) is 0.481. The first-order valence-electron chi connectivity index (χ1n) is 12.7. The summed E-state index contributed by atoms with van der Waals surface area (Å²) in [6, 6.07) is 10.5. The van der Waals surface area contributed by atoms with E-state index in [1.807, 2.05) is 23.7 Å². The molecule has 0 bridgehead atoms. The molecule has 4 aromatic rings. The first-order chi connectivity index (χ1) is 17.0. The molecular formula is C27H34N6O2. The molecule has 0 saturated heterocycles. The van der Waals surface area contributed by atoms with Crippen LogP contribution in [0.2, 0.25) is 0 Å². The van der Waals surface area contributed by atoms with Gasteiger partial charge in [-0.15, -0.1) is 5.10 Å². The maximum Gasteiger partial charge on any atom is 0.252 e. The number of nitrogens with one attached hydrogen (secondary N) is 1. The van der Waals surface area contributed by atoms with Crippen LogP contribution in [-0.4, -0.2) is 36.1 Å². The number of fused-ring (bicyclic) bond motifs is 1. The number of aromatic amines is 1. The Kier molecular flexibility index (Phi) is 6.81. The highest BCUT2D eigenvalue weighted by atomic mass is 16.3. The van der Waals surface area contributed by atoms with Crippen molar-refractivity contribution in [2.45, 2.75) is 84.5 Å². The van der Waals surface area contributed by atoms with Crippen molar-refractivity contribution in [3.8, 4) is 0 Å². The Morgan fingerprint density at radius 3 is 2.77 bits per heavy atom. The third kappa shape index (κ3) is 4.93. The maximum absolute atomic E-state index is 13.2. The standard InChI is InChI=1S/C27H34N6O2/c1-4-24(26-29-30-31-33(26)17-23-11-8-12-35-23)32(22-9-6-5-7-10-22)16-21-15-20-14-18(2)13-19(3)25(20)28-27(21)34/h8,11-15,22,24H,4-7,9-10,16-17H2,1-3H3,(H,28,34). The number of benzene rings is 1.